The van der Waals surface area contributed by atoms with Crippen molar-refractivity contribution in [3.8, 4) is 0 Å². The van der Waals surface area contributed by atoms with Gasteiger partial charge in [-0.2, -0.15) is 0 Å². The molecule has 1 aromatic heterocycles. The highest BCUT2D eigenvalue weighted by molar-refractivity contribution is 5.92. The summed E-state index contributed by atoms with van der Waals surface area (Å²) in [5.41, 5.74) is 1.22. The Morgan fingerprint density at radius 1 is 1.16 bits per heavy atom. The van der Waals surface area contributed by atoms with E-state index in [0.717, 1.165) is 6.42 Å². The van der Waals surface area contributed by atoms with Gasteiger partial charge in [0, 0.05) is 50.5 Å². The fourth-order valence-electron chi connectivity index (χ4n) is 4.27. The van der Waals surface area contributed by atoms with Crippen LogP contribution >= 0.6 is 0 Å². The van der Waals surface area contributed by atoms with Crippen molar-refractivity contribution in [2.45, 2.75) is 25.3 Å². The maximum atomic E-state index is 12.9. The van der Waals surface area contributed by atoms with Gasteiger partial charge in [0.05, 0.1) is 6.20 Å². The molecule has 0 bridgehead atoms. The Balaban J connectivity index is 1.65. The number of likely N-dealkylation sites (tertiary alicyclic amines) is 2. The van der Waals surface area contributed by atoms with E-state index in [2.05, 4.69) is 17.3 Å². The molecular weight excluding hydrogens is 318 g/mol. The lowest BCUT2D eigenvalue weighted by Crippen LogP contribution is -2.49. The first-order valence-corrected chi connectivity index (χ1v) is 8.67. The Bertz CT molecular complexity index is 759. The molecule has 6 heteroatoms. The van der Waals surface area contributed by atoms with Crippen LogP contribution in [0.15, 0.2) is 47.1 Å². The number of amides is 2. The van der Waals surface area contributed by atoms with E-state index in [4.69, 9.17) is 4.52 Å². The minimum absolute atomic E-state index is 0.102. The number of rotatable bonds is 2. The molecule has 4 rings (SSSR count). The molecule has 2 saturated heterocycles. The van der Waals surface area contributed by atoms with Crippen LogP contribution in [-0.4, -0.2) is 52.4 Å². The number of hydrogen-bond acceptors (Lipinski definition) is 4. The van der Waals surface area contributed by atoms with Gasteiger partial charge in [-0.15, -0.1) is 0 Å². The molecule has 3 atom stereocenters. The summed E-state index contributed by atoms with van der Waals surface area (Å²) in [6.45, 7) is 3.65. The second-order valence-electron chi connectivity index (χ2n) is 6.84. The normalized spacial score (nSPS) is 25.7. The van der Waals surface area contributed by atoms with Gasteiger partial charge in [0.1, 0.15) is 0 Å². The minimum Gasteiger partial charge on any atom is -0.351 e. The molecule has 3 heterocycles. The van der Waals surface area contributed by atoms with E-state index in [-0.39, 0.29) is 35.5 Å². The largest absolute Gasteiger partial charge is 0.351 e. The molecule has 2 aromatic rings. The first-order chi connectivity index (χ1) is 12.1. The number of fused-ring (bicyclic) bond motifs is 1. The zero-order valence-electron chi connectivity index (χ0n) is 14.2. The monoisotopic (exact) mass is 339 g/mol. The van der Waals surface area contributed by atoms with Crippen molar-refractivity contribution in [2.75, 3.05) is 19.6 Å². The Morgan fingerprint density at radius 2 is 1.96 bits per heavy atom. The summed E-state index contributed by atoms with van der Waals surface area (Å²) in [5.74, 6) is 0.737. The lowest BCUT2D eigenvalue weighted by molar-refractivity contribution is -0.131. The van der Waals surface area contributed by atoms with Crippen LogP contribution in [0.25, 0.3) is 0 Å². The van der Waals surface area contributed by atoms with Crippen molar-refractivity contribution in [2.24, 2.45) is 5.92 Å². The summed E-state index contributed by atoms with van der Waals surface area (Å²) in [6, 6.07) is 12.0. The fourth-order valence-corrected chi connectivity index (χ4v) is 4.27. The van der Waals surface area contributed by atoms with Crippen LogP contribution < -0.4 is 0 Å². The topological polar surface area (TPSA) is 66.7 Å². The number of nitrogens with zero attached hydrogens (tertiary/aromatic N) is 3. The molecule has 1 aromatic carbocycles. The molecule has 6 nitrogen and oxygen atoms in total. The lowest BCUT2D eigenvalue weighted by Gasteiger charge is -2.38. The average molecular weight is 339 g/mol. The van der Waals surface area contributed by atoms with E-state index < -0.39 is 0 Å². The molecule has 0 unspecified atom stereocenters. The van der Waals surface area contributed by atoms with E-state index in [9.17, 15) is 9.59 Å². The SMILES string of the molecule is CC(=O)N1CC[C@@H]2[C@H](C1)[C@@H](c1ccccc1)CN2C(=O)c1ccno1. The lowest BCUT2D eigenvalue weighted by atomic mass is 9.82. The summed E-state index contributed by atoms with van der Waals surface area (Å²) in [4.78, 5) is 28.5. The summed E-state index contributed by atoms with van der Waals surface area (Å²) in [6.07, 6.45) is 2.29. The van der Waals surface area contributed by atoms with E-state index >= 15 is 0 Å². The third kappa shape index (κ3) is 2.81. The van der Waals surface area contributed by atoms with Gasteiger partial charge in [0.25, 0.3) is 5.91 Å². The Morgan fingerprint density at radius 3 is 2.64 bits per heavy atom. The number of benzene rings is 1. The summed E-state index contributed by atoms with van der Waals surface area (Å²) in [7, 11) is 0. The number of aromatic nitrogens is 1. The zero-order valence-corrected chi connectivity index (χ0v) is 14.2. The smallest absolute Gasteiger partial charge is 0.292 e. The third-order valence-corrected chi connectivity index (χ3v) is 5.51. The van der Waals surface area contributed by atoms with Crippen LogP contribution in [-0.2, 0) is 4.79 Å². The van der Waals surface area contributed by atoms with Crippen LogP contribution in [0.1, 0.15) is 35.4 Å². The molecule has 0 radical (unpaired) electrons. The second kappa shape index (κ2) is 6.35. The molecule has 0 spiro atoms. The molecule has 0 N–H and O–H groups in total. The number of carbonyl (C=O) groups is 2. The molecule has 25 heavy (non-hydrogen) atoms. The van der Waals surface area contributed by atoms with E-state index in [1.165, 1.54) is 11.8 Å². The van der Waals surface area contributed by atoms with Crippen molar-refractivity contribution in [3.63, 3.8) is 0 Å². The predicted octanol–water partition coefficient (Wildman–Crippen LogP) is 2.15. The maximum absolute atomic E-state index is 12.9. The minimum atomic E-state index is -0.109. The van der Waals surface area contributed by atoms with Crippen LogP contribution in [0, 0.1) is 5.92 Å². The highest BCUT2D eigenvalue weighted by Crippen LogP contribution is 2.42. The van der Waals surface area contributed by atoms with Gasteiger partial charge in [-0.05, 0) is 12.0 Å². The quantitative estimate of drug-likeness (QED) is 0.841. The van der Waals surface area contributed by atoms with Crippen molar-refractivity contribution in [3.05, 3.63) is 53.9 Å². The van der Waals surface area contributed by atoms with Gasteiger partial charge in [-0.3, -0.25) is 9.59 Å². The maximum Gasteiger partial charge on any atom is 0.292 e. The molecule has 2 aliphatic heterocycles. The van der Waals surface area contributed by atoms with Gasteiger partial charge in [0.15, 0.2) is 0 Å². The summed E-state index contributed by atoms with van der Waals surface area (Å²) in [5, 5.41) is 3.66. The van der Waals surface area contributed by atoms with Crippen molar-refractivity contribution in [1.82, 2.24) is 15.0 Å². The summed E-state index contributed by atoms with van der Waals surface area (Å²) >= 11 is 0. The molecule has 2 aliphatic rings. The van der Waals surface area contributed by atoms with Gasteiger partial charge < -0.3 is 14.3 Å². The molecule has 0 aliphatic carbocycles. The standard InChI is InChI=1S/C19H21N3O3/c1-13(23)21-10-8-17-16(11-21)15(14-5-3-2-4-6-14)12-22(17)19(24)18-7-9-20-25-18/h2-7,9,15-17H,8,10-12H2,1H3/t15-,16-,17-/m1/s1. The number of hydrogen-bond donors (Lipinski definition) is 0. The predicted molar refractivity (Wildman–Crippen MR) is 90.9 cm³/mol. The molecule has 130 valence electrons. The molecular formula is C19H21N3O3. The Kier molecular flexibility index (Phi) is 4.03. The third-order valence-electron chi connectivity index (χ3n) is 5.51. The number of piperidine rings is 1. The first kappa shape index (κ1) is 15.9. The van der Waals surface area contributed by atoms with Crippen LogP contribution in [0.2, 0.25) is 0 Å². The first-order valence-electron chi connectivity index (χ1n) is 8.67. The molecule has 2 fully saturated rings. The van der Waals surface area contributed by atoms with Gasteiger partial charge >= 0.3 is 0 Å². The van der Waals surface area contributed by atoms with E-state index in [1.54, 1.807) is 13.0 Å². The van der Waals surface area contributed by atoms with Crippen LogP contribution in [0.4, 0.5) is 0 Å². The van der Waals surface area contributed by atoms with Crippen molar-refractivity contribution in [1.29, 1.82) is 0 Å². The summed E-state index contributed by atoms with van der Waals surface area (Å²) < 4.78 is 5.08. The van der Waals surface area contributed by atoms with E-state index in [1.807, 2.05) is 28.0 Å². The van der Waals surface area contributed by atoms with Crippen molar-refractivity contribution >= 4 is 11.8 Å². The van der Waals surface area contributed by atoms with Crippen LogP contribution in [0.5, 0.6) is 0 Å². The Hall–Kier alpha value is -2.63. The van der Waals surface area contributed by atoms with E-state index in [0.29, 0.717) is 19.6 Å². The fraction of sp³-hybridized carbons (Fsp3) is 0.421. The molecule has 2 amide bonds. The highest BCUT2D eigenvalue weighted by Gasteiger charge is 2.47. The molecule has 0 saturated carbocycles. The van der Waals surface area contributed by atoms with Gasteiger partial charge in [0.2, 0.25) is 11.7 Å². The highest BCUT2D eigenvalue weighted by atomic mass is 16.5. The average Bonchev–Trinajstić information content (AvgIpc) is 3.29. The van der Waals surface area contributed by atoms with Crippen LogP contribution in [0.3, 0.4) is 0 Å². The second-order valence-corrected chi connectivity index (χ2v) is 6.84. The number of carbonyl (C=O) groups excluding carboxylic acids is 2. The van der Waals surface area contributed by atoms with Crippen molar-refractivity contribution < 1.29 is 14.1 Å². The Labute approximate surface area is 146 Å². The van der Waals surface area contributed by atoms with Gasteiger partial charge in [-0.25, -0.2) is 0 Å². The zero-order chi connectivity index (χ0) is 17.4. The van der Waals surface area contributed by atoms with Gasteiger partial charge in [-0.1, -0.05) is 35.5 Å².